The van der Waals surface area contributed by atoms with Crippen LogP contribution in [0, 0.1) is 0 Å². The second-order valence-electron chi connectivity index (χ2n) is 5.07. The molecule has 0 atom stereocenters. The van der Waals surface area contributed by atoms with E-state index in [-0.39, 0.29) is 5.91 Å². The Hall–Kier alpha value is -2.71. The van der Waals surface area contributed by atoms with E-state index >= 15 is 0 Å². The molecule has 4 rings (SSSR count). The second-order valence-corrected chi connectivity index (χ2v) is 6.96. The van der Waals surface area contributed by atoms with Crippen LogP contribution in [0.4, 0.5) is 5.13 Å². The normalized spacial score (nSPS) is 11.0. The lowest BCUT2D eigenvalue weighted by molar-refractivity contribution is -0.115. The van der Waals surface area contributed by atoms with Crippen LogP contribution in [-0.2, 0) is 11.2 Å². The summed E-state index contributed by atoms with van der Waals surface area (Å²) in [4.78, 5) is 31.2. The average Bonchev–Trinajstić information content (AvgIpc) is 3.26. The Bertz CT molecular complexity index is 1060. The summed E-state index contributed by atoms with van der Waals surface area (Å²) in [5.74, 6) is -0.576. The quantitative estimate of drug-likeness (QED) is 0.585. The summed E-state index contributed by atoms with van der Waals surface area (Å²) in [7, 11) is 0. The van der Waals surface area contributed by atoms with E-state index in [1.807, 2.05) is 29.0 Å². The SMILES string of the molecule is O=C(Cc1cccs1)Nc1nc(-c2ccc3[nH]c(=O)oc3c2)cs1. The van der Waals surface area contributed by atoms with Gasteiger partial charge in [-0.05, 0) is 23.6 Å². The van der Waals surface area contributed by atoms with E-state index in [1.54, 1.807) is 23.5 Å². The number of H-pyrrole nitrogens is 1. The number of thiazole rings is 1. The summed E-state index contributed by atoms with van der Waals surface area (Å²) in [6.07, 6.45) is 0.340. The summed E-state index contributed by atoms with van der Waals surface area (Å²) in [5, 5.41) is 7.15. The Morgan fingerprint density at radius 3 is 3.04 bits per heavy atom. The number of amides is 1. The lowest BCUT2D eigenvalue weighted by atomic mass is 10.1. The third-order valence-electron chi connectivity index (χ3n) is 3.38. The molecule has 0 aliphatic heterocycles. The van der Waals surface area contributed by atoms with E-state index in [9.17, 15) is 9.59 Å². The first-order valence-corrected chi connectivity index (χ1v) is 8.84. The second kappa shape index (κ2) is 6.06. The molecule has 0 saturated carbocycles. The van der Waals surface area contributed by atoms with E-state index in [0.29, 0.717) is 22.7 Å². The molecule has 0 spiro atoms. The molecule has 1 aromatic carbocycles. The van der Waals surface area contributed by atoms with E-state index in [0.717, 1.165) is 16.1 Å². The number of fused-ring (bicyclic) bond motifs is 1. The van der Waals surface area contributed by atoms with Crippen molar-refractivity contribution in [1.29, 1.82) is 0 Å². The zero-order valence-corrected chi connectivity index (χ0v) is 13.9. The van der Waals surface area contributed by atoms with Gasteiger partial charge >= 0.3 is 5.76 Å². The van der Waals surface area contributed by atoms with Crippen molar-refractivity contribution in [3.05, 3.63) is 56.5 Å². The van der Waals surface area contributed by atoms with Crippen LogP contribution in [0.1, 0.15) is 4.88 Å². The van der Waals surface area contributed by atoms with Crippen molar-refractivity contribution < 1.29 is 9.21 Å². The summed E-state index contributed by atoms with van der Waals surface area (Å²) in [5.41, 5.74) is 2.66. The Labute approximate surface area is 143 Å². The predicted molar refractivity (Wildman–Crippen MR) is 94.6 cm³/mol. The number of hydrogen-bond donors (Lipinski definition) is 2. The number of carbonyl (C=O) groups excluding carboxylic acids is 1. The molecule has 0 bridgehead atoms. The van der Waals surface area contributed by atoms with Gasteiger partial charge in [-0.15, -0.1) is 22.7 Å². The first-order valence-electron chi connectivity index (χ1n) is 7.08. The fourth-order valence-corrected chi connectivity index (χ4v) is 3.74. The van der Waals surface area contributed by atoms with Crippen LogP contribution in [-0.4, -0.2) is 15.9 Å². The van der Waals surface area contributed by atoms with E-state index in [2.05, 4.69) is 15.3 Å². The van der Waals surface area contributed by atoms with Gasteiger partial charge in [-0.1, -0.05) is 12.1 Å². The molecule has 0 radical (unpaired) electrons. The number of hydrogen-bond acceptors (Lipinski definition) is 6. The minimum Gasteiger partial charge on any atom is -0.408 e. The molecule has 0 unspecified atom stereocenters. The number of nitrogens with one attached hydrogen (secondary N) is 2. The van der Waals surface area contributed by atoms with Crippen LogP contribution >= 0.6 is 22.7 Å². The van der Waals surface area contributed by atoms with Crippen molar-refractivity contribution in [3.8, 4) is 11.3 Å². The van der Waals surface area contributed by atoms with Crippen molar-refractivity contribution in [2.45, 2.75) is 6.42 Å². The zero-order valence-electron chi connectivity index (χ0n) is 12.2. The molecule has 24 heavy (non-hydrogen) atoms. The Kier molecular flexibility index (Phi) is 3.75. The van der Waals surface area contributed by atoms with Gasteiger partial charge in [0.25, 0.3) is 0 Å². The van der Waals surface area contributed by atoms with Crippen LogP contribution in [0.15, 0.2) is 50.3 Å². The number of anilines is 1. The maximum atomic E-state index is 12.0. The maximum Gasteiger partial charge on any atom is 0.417 e. The highest BCUT2D eigenvalue weighted by atomic mass is 32.1. The minimum atomic E-state index is -0.484. The average molecular weight is 357 g/mol. The number of aromatic amines is 1. The third kappa shape index (κ3) is 3.01. The summed E-state index contributed by atoms with van der Waals surface area (Å²) < 4.78 is 5.06. The fraction of sp³-hybridized carbons (Fsp3) is 0.0625. The van der Waals surface area contributed by atoms with Gasteiger partial charge in [0.15, 0.2) is 10.7 Å². The van der Waals surface area contributed by atoms with Gasteiger partial charge < -0.3 is 9.73 Å². The standard InChI is InChI=1S/C16H11N3O3S2/c20-14(7-10-2-1-5-23-10)19-15-17-12(8-24-15)9-3-4-11-13(6-9)22-16(21)18-11/h1-6,8H,7H2,(H,18,21)(H,17,19,20). The Morgan fingerprint density at radius 2 is 2.21 bits per heavy atom. The number of aromatic nitrogens is 2. The zero-order chi connectivity index (χ0) is 16.5. The number of thiophene rings is 1. The molecular formula is C16H11N3O3S2. The molecule has 120 valence electrons. The molecule has 3 heterocycles. The number of rotatable bonds is 4. The fourth-order valence-electron chi connectivity index (χ4n) is 2.30. The molecule has 2 N–H and O–H groups in total. The summed E-state index contributed by atoms with van der Waals surface area (Å²) in [6.45, 7) is 0. The van der Waals surface area contributed by atoms with Gasteiger partial charge in [0, 0.05) is 15.8 Å². The van der Waals surface area contributed by atoms with Gasteiger partial charge in [0.05, 0.1) is 17.6 Å². The molecule has 6 nitrogen and oxygen atoms in total. The maximum absolute atomic E-state index is 12.0. The first-order chi connectivity index (χ1) is 11.7. The van der Waals surface area contributed by atoms with E-state index in [1.165, 1.54) is 11.3 Å². The lowest BCUT2D eigenvalue weighted by Gasteiger charge is -1.99. The molecular weight excluding hydrogens is 346 g/mol. The van der Waals surface area contributed by atoms with Crippen molar-refractivity contribution in [2.75, 3.05) is 5.32 Å². The molecule has 0 fully saturated rings. The molecule has 0 saturated heterocycles. The van der Waals surface area contributed by atoms with Gasteiger partial charge in [0.1, 0.15) is 0 Å². The van der Waals surface area contributed by atoms with Crippen LogP contribution in [0.25, 0.3) is 22.4 Å². The van der Waals surface area contributed by atoms with Gasteiger partial charge in [-0.2, -0.15) is 0 Å². The van der Waals surface area contributed by atoms with Crippen molar-refractivity contribution in [2.24, 2.45) is 0 Å². The van der Waals surface area contributed by atoms with Crippen LogP contribution in [0.2, 0.25) is 0 Å². The van der Waals surface area contributed by atoms with E-state index < -0.39 is 5.76 Å². The molecule has 0 aliphatic rings. The summed E-state index contributed by atoms with van der Waals surface area (Å²) in [6, 6.07) is 9.21. The summed E-state index contributed by atoms with van der Waals surface area (Å²) >= 11 is 2.91. The van der Waals surface area contributed by atoms with Crippen molar-refractivity contribution in [1.82, 2.24) is 9.97 Å². The van der Waals surface area contributed by atoms with Crippen LogP contribution in [0.3, 0.4) is 0 Å². The number of nitrogens with zero attached hydrogens (tertiary/aromatic N) is 1. The topological polar surface area (TPSA) is 88.0 Å². The van der Waals surface area contributed by atoms with Gasteiger partial charge in [-0.25, -0.2) is 9.78 Å². The Morgan fingerprint density at radius 1 is 1.29 bits per heavy atom. The van der Waals surface area contributed by atoms with Crippen molar-refractivity contribution in [3.63, 3.8) is 0 Å². The van der Waals surface area contributed by atoms with Gasteiger partial charge in [-0.3, -0.25) is 9.78 Å². The highest BCUT2D eigenvalue weighted by molar-refractivity contribution is 7.14. The minimum absolute atomic E-state index is 0.0922. The number of oxazole rings is 1. The lowest BCUT2D eigenvalue weighted by Crippen LogP contribution is -2.13. The highest BCUT2D eigenvalue weighted by Crippen LogP contribution is 2.27. The Balaban J connectivity index is 1.52. The number of carbonyl (C=O) groups is 1. The smallest absolute Gasteiger partial charge is 0.408 e. The van der Waals surface area contributed by atoms with Crippen molar-refractivity contribution >= 4 is 44.8 Å². The monoisotopic (exact) mass is 357 g/mol. The largest absolute Gasteiger partial charge is 0.417 e. The molecule has 1 amide bonds. The number of benzene rings is 1. The first kappa shape index (κ1) is 14.9. The third-order valence-corrected chi connectivity index (χ3v) is 5.02. The predicted octanol–water partition coefficient (Wildman–Crippen LogP) is 3.49. The van der Waals surface area contributed by atoms with Crippen LogP contribution in [0.5, 0.6) is 0 Å². The molecule has 0 aliphatic carbocycles. The van der Waals surface area contributed by atoms with Crippen LogP contribution < -0.4 is 11.1 Å². The molecule has 8 heteroatoms. The van der Waals surface area contributed by atoms with E-state index in [4.69, 9.17) is 4.42 Å². The molecule has 3 aromatic heterocycles. The highest BCUT2D eigenvalue weighted by Gasteiger charge is 2.10. The van der Waals surface area contributed by atoms with Gasteiger partial charge in [0.2, 0.25) is 5.91 Å². The molecule has 4 aromatic rings.